The van der Waals surface area contributed by atoms with Crippen LogP contribution in [-0.4, -0.2) is 65.0 Å². The third-order valence-corrected chi connectivity index (χ3v) is 4.49. The Hall–Kier alpha value is -1.99. The van der Waals surface area contributed by atoms with E-state index in [4.69, 9.17) is 5.11 Å². The number of carbonyl (C=O) groups is 2. The molecule has 2 aliphatic heterocycles. The molecule has 0 bridgehead atoms. The quantitative estimate of drug-likeness (QED) is 0.797. The van der Waals surface area contributed by atoms with Gasteiger partial charge < -0.3 is 15.3 Å². The molecule has 0 radical (unpaired) electrons. The van der Waals surface area contributed by atoms with Crippen LogP contribution in [0.1, 0.15) is 11.1 Å². The minimum Gasteiger partial charge on any atom is -0.394 e. The summed E-state index contributed by atoms with van der Waals surface area (Å²) in [7, 11) is 0. The molecule has 6 nitrogen and oxygen atoms in total. The molecule has 1 aromatic rings. The van der Waals surface area contributed by atoms with Crippen molar-refractivity contribution in [3.05, 3.63) is 35.1 Å². The zero-order valence-corrected chi connectivity index (χ0v) is 13.0. The molecule has 0 unspecified atom stereocenters. The lowest BCUT2D eigenvalue weighted by Gasteiger charge is -2.45. The second kappa shape index (κ2) is 6.25. The van der Waals surface area contributed by atoms with Gasteiger partial charge in [-0.15, -0.1) is 0 Å². The fourth-order valence-electron chi connectivity index (χ4n) is 3.12. The highest BCUT2D eigenvalue weighted by Gasteiger charge is 2.42. The van der Waals surface area contributed by atoms with E-state index >= 15 is 0 Å². The number of aliphatic hydroxyl groups is 1. The van der Waals surface area contributed by atoms with Gasteiger partial charge in [-0.2, -0.15) is 0 Å². The van der Waals surface area contributed by atoms with Crippen LogP contribution in [-0.2, 0) is 16.1 Å². The van der Waals surface area contributed by atoms with Crippen LogP contribution in [0.15, 0.2) is 18.2 Å². The van der Waals surface area contributed by atoms with Crippen molar-refractivity contribution in [2.45, 2.75) is 25.6 Å². The summed E-state index contributed by atoms with van der Waals surface area (Å²) in [5.41, 5.74) is 1.45. The number of amides is 2. The van der Waals surface area contributed by atoms with E-state index in [0.29, 0.717) is 31.7 Å². The van der Waals surface area contributed by atoms with Crippen LogP contribution in [0, 0.1) is 12.7 Å². The fraction of sp³-hybridized carbons (Fsp3) is 0.500. The Labute approximate surface area is 133 Å². The lowest BCUT2D eigenvalue weighted by molar-refractivity contribution is -0.154. The maximum atomic E-state index is 13.6. The Morgan fingerprint density at radius 3 is 2.83 bits per heavy atom. The minimum absolute atomic E-state index is 0.238. The van der Waals surface area contributed by atoms with Gasteiger partial charge in [-0.05, 0) is 24.1 Å². The lowest BCUT2D eigenvalue weighted by Crippen LogP contribution is -2.69. The van der Waals surface area contributed by atoms with Gasteiger partial charge >= 0.3 is 0 Å². The Bertz CT molecular complexity index is 637. The normalized spacial score (nSPS) is 25.3. The van der Waals surface area contributed by atoms with Crippen molar-refractivity contribution in [1.29, 1.82) is 0 Å². The first-order valence-corrected chi connectivity index (χ1v) is 7.68. The fourth-order valence-corrected chi connectivity index (χ4v) is 3.12. The zero-order valence-electron chi connectivity index (χ0n) is 13.0. The highest BCUT2D eigenvalue weighted by molar-refractivity contribution is 5.97. The number of aryl methyl sites for hydroxylation is 1. The van der Waals surface area contributed by atoms with E-state index in [-0.39, 0.29) is 24.2 Å². The maximum absolute atomic E-state index is 13.6. The summed E-state index contributed by atoms with van der Waals surface area (Å²) < 4.78 is 13.6. The average Bonchev–Trinajstić information content (AvgIpc) is 2.54. The summed E-state index contributed by atoms with van der Waals surface area (Å²) in [6.45, 7) is 3.32. The van der Waals surface area contributed by atoms with Crippen LogP contribution in [0.5, 0.6) is 0 Å². The van der Waals surface area contributed by atoms with Crippen LogP contribution in [0.25, 0.3) is 0 Å². The highest BCUT2D eigenvalue weighted by Crippen LogP contribution is 2.19. The number of benzene rings is 1. The van der Waals surface area contributed by atoms with Gasteiger partial charge in [0.15, 0.2) is 0 Å². The SMILES string of the molecule is Cc1ccc(CN2CCN3C(=O)[C@H](CO)NC(=O)[C@H]3C2)cc1F. The number of piperazine rings is 2. The first kappa shape index (κ1) is 15.9. The summed E-state index contributed by atoms with van der Waals surface area (Å²) in [4.78, 5) is 27.9. The predicted octanol–water partition coefficient (Wildman–Crippen LogP) is -0.362. The van der Waals surface area contributed by atoms with E-state index in [1.54, 1.807) is 13.0 Å². The number of rotatable bonds is 3. The summed E-state index contributed by atoms with van der Waals surface area (Å²) in [6, 6.07) is 3.74. The number of carbonyl (C=O) groups excluding carboxylic acids is 2. The molecular weight excluding hydrogens is 301 g/mol. The number of aliphatic hydroxyl groups excluding tert-OH is 1. The number of nitrogens with zero attached hydrogens (tertiary/aromatic N) is 2. The van der Waals surface area contributed by atoms with E-state index in [1.807, 2.05) is 11.0 Å². The maximum Gasteiger partial charge on any atom is 0.248 e. The number of fused-ring (bicyclic) bond motifs is 1. The molecular formula is C16H20FN3O3. The Balaban J connectivity index is 1.69. The van der Waals surface area contributed by atoms with Crippen molar-refractivity contribution in [2.24, 2.45) is 0 Å². The van der Waals surface area contributed by atoms with Crippen LogP contribution in [0.4, 0.5) is 4.39 Å². The van der Waals surface area contributed by atoms with Crippen molar-refractivity contribution < 1.29 is 19.1 Å². The second-order valence-corrected chi connectivity index (χ2v) is 6.11. The standard InChI is InChI=1S/C16H20FN3O3/c1-10-2-3-11(6-12(10)17)7-19-4-5-20-14(8-19)15(22)18-13(9-21)16(20)23/h2-3,6,13-14,21H,4-5,7-9H2,1H3,(H,18,22)/t13-,14+/m0/s1. The molecule has 124 valence electrons. The van der Waals surface area contributed by atoms with Crippen LogP contribution < -0.4 is 5.32 Å². The van der Waals surface area contributed by atoms with Crippen molar-refractivity contribution in [1.82, 2.24) is 15.1 Å². The van der Waals surface area contributed by atoms with Gasteiger partial charge in [0.1, 0.15) is 17.9 Å². The van der Waals surface area contributed by atoms with Crippen LogP contribution >= 0.6 is 0 Å². The zero-order chi connectivity index (χ0) is 16.6. The monoisotopic (exact) mass is 321 g/mol. The molecule has 23 heavy (non-hydrogen) atoms. The third-order valence-electron chi connectivity index (χ3n) is 4.49. The first-order valence-electron chi connectivity index (χ1n) is 7.68. The van der Waals surface area contributed by atoms with Gasteiger partial charge in [-0.3, -0.25) is 14.5 Å². The van der Waals surface area contributed by atoms with E-state index in [9.17, 15) is 14.0 Å². The molecule has 3 rings (SSSR count). The van der Waals surface area contributed by atoms with Crippen LogP contribution in [0.2, 0.25) is 0 Å². The van der Waals surface area contributed by atoms with E-state index in [2.05, 4.69) is 5.32 Å². The van der Waals surface area contributed by atoms with Gasteiger partial charge in [0, 0.05) is 26.2 Å². The van der Waals surface area contributed by atoms with Gasteiger partial charge in [0.2, 0.25) is 11.8 Å². The second-order valence-electron chi connectivity index (χ2n) is 6.11. The van der Waals surface area contributed by atoms with Gasteiger partial charge in [0.05, 0.1) is 6.61 Å². The number of halogens is 1. The summed E-state index contributed by atoms with van der Waals surface area (Å²) in [5, 5.41) is 11.7. The Morgan fingerprint density at radius 1 is 1.35 bits per heavy atom. The molecule has 2 amide bonds. The van der Waals surface area contributed by atoms with Crippen LogP contribution in [0.3, 0.4) is 0 Å². The lowest BCUT2D eigenvalue weighted by atomic mass is 10.0. The number of hydrogen-bond acceptors (Lipinski definition) is 4. The third kappa shape index (κ3) is 3.07. The molecule has 0 spiro atoms. The largest absolute Gasteiger partial charge is 0.394 e. The van der Waals surface area contributed by atoms with Crippen molar-refractivity contribution in [3.63, 3.8) is 0 Å². The minimum atomic E-state index is -0.837. The average molecular weight is 321 g/mol. The Kier molecular flexibility index (Phi) is 4.32. The van der Waals surface area contributed by atoms with Crippen molar-refractivity contribution in [3.8, 4) is 0 Å². The highest BCUT2D eigenvalue weighted by atomic mass is 19.1. The molecule has 0 saturated carbocycles. The van der Waals surface area contributed by atoms with Crippen molar-refractivity contribution in [2.75, 3.05) is 26.2 Å². The molecule has 1 aromatic carbocycles. The van der Waals surface area contributed by atoms with E-state index in [0.717, 1.165) is 5.56 Å². The van der Waals surface area contributed by atoms with E-state index < -0.39 is 12.1 Å². The first-order chi connectivity index (χ1) is 11.0. The number of hydrogen-bond donors (Lipinski definition) is 2. The molecule has 0 aromatic heterocycles. The summed E-state index contributed by atoms with van der Waals surface area (Å²) in [5.74, 6) is -0.723. The Morgan fingerprint density at radius 2 is 2.13 bits per heavy atom. The van der Waals surface area contributed by atoms with Gasteiger partial charge in [-0.25, -0.2) is 4.39 Å². The summed E-state index contributed by atoms with van der Waals surface area (Å²) in [6.07, 6.45) is 0. The number of nitrogens with one attached hydrogen (secondary N) is 1. The topological polar surface area (TPSA) is 72.9 Å². The molecule has 2 heterocycles. The molecule has 2 saturated heterocycles. The predicted molar refractivity (Wildman–Crippen MR) is 80.9 cm³/mol. The van der Waals surface area contributed by atoms with Gasteiger partial charge in [0.25, 0.3) is 0 Å². The molecule has 7 heteroatoms. The summed E-state index contributed by atoms with van der Waals surface area (Å²) >= 11 is 0. The van der Waals surface area contributed by atoms with Gasteiger partial charge in [-0.1, -0.05) is 12.1 Å². The smallest absolute Gasteiger partial charge is 0.248 e. The molecule has 0 aliphatic carbocycles. The molecule has 2 N–H and O–H groups in total. The van der Waals surface area contributed by atoms with Crippen molar-refractivity contribution >= 4 is 11.8 Å². The van der Waals surface area contributed by atoms with E-state index in [1.165, 1.54) is 11.0 Å². The molecule has 2 atom stereocenters. The molecule has 2 aliphatic rings. The molecule has 2 fully saturated rings.